The number of nitrogens with zero attached hydrogens (tertiary/aromatic N) is 4. The predicted octanol–water partition coefficient (Wildman–Crippen LogP) is 3.91. The van der Waals surface area contributed by atoms with Gasteiger partial charge in [-0.3, -0.25) is 4.79 Å². The van der Waals surface area contributed by atoms with Crippen molar-refractivity contribution in [3.05, 3.63) is 59.2 Å². The fourth-order valence-corrected chi connectivity index (χ4v) is 4.36. The Balaban J connectivity index is 1.56. The summed E-state index contributed by atoms with van der Waals surface area (Å²) in [5.74, 6) is 0.795. The number of ketones is 1. The summed E-state index contributed by atoms with van der Waals surface area (Å²) in [5, 5.41) is 12.3. The lowest BCUT2D eigenvalue weighted by molar-refractivity contribution is 0.0993. The summed E-state index contributed by atoms with van der Waals surface area (Å²) in [6, 6.07) is 13.7. The second kappa shape index (κ2) is 8.14. The molecular formula is C21H22N4O2S. The van der Waals surface area contributed by atoms with Crippen LogP contribution >= 0.6 is 11.8 Å². The molecule has 0 amide bonds. The van der Waals surface area contributed by atoms with Crippen molar-refractivity contribution in [2.45, 2.75) is 43.5 Å². The molecule has 1 atom stereocenters. The fourth-order valence-electron chi connectivity index (χ4n) is 3.48. The van der Waals surface area contributed by atoms with E-state index in [4.69, 9.17) is 4.74 Å². The Morgan fingerprint density at radius 1 is 1.21 bits per heavy atom. The summed E-state index contributed by atoms with van der Waals surface area (Å²) in [7, 11) is 0. The molecule has 0 spiro atoms. The summed E-state index contributed by atoms with van der Waals surface area (Å²) in [4.78, 5) is 13.0. The standard InChI is InChI=1S/C21H22N4O2S/c1-3-27-19-10-5-4-9-18(19)25-21(22-23-24-25)28-14(2)20(26)17-12-11-15-7-6-8-16(15)13-17/h4-5,9-14H,3,6-8H2,1-2H3. The minimum Gasteiger partial charge on any atom is -0.492 e. The monoisotopic (exact) mass is 394 g/mol. The third-order valence-electron chi connectivity index (χ3n) is 4.87. The third-order valence-corrected chi connectivity index (χ3v) is 5.90. The molecule has 28 heavy (non-hydrogen) atoms. The molecule has 0 radical (unpaired) electrons. The molecule has 0 aliphatic heterocycles. The highest BCUT2D eigenvalue weighted by Gasteiger charge is 2.23. The Kier molecular flexibility index (Phi) is 5.43. The number of carbonyl (C=O) groups is 1. The molecule has 0 saturated heterocycles. The largest absolute Gasteiger partial charge is 0.492 e. The van der Waals surface area contributed by atoms with Crippen LogP contribution < -0.4 is 4.74 Å². The SMILES string of the molecule is CCOc1ccccc1-n1nnnc1SC(C)C(=O)c1ccc2c(c1)CCC2. The van der Waals surface area contributed by atoms with Gasteiger partial charge in [0.05, 0.1) is 11.9 Å². The highest BCUT2D eigenvalue weighted by molar-refractivity contribution is 8.00. The van der Waals surface area contributed by atoms with Gasteiger partial charge in [-0.15, -0.1) is 5.10 Å². The maximum absolute atomic E-state index is 13.0. The normalized spacial score (nSPS) is 13.9. The molecule has 0 N–H and O–H groups in total. The van der Waals surface area contributed by atoms with E-state index in [0.29, 0.717) is 17.5 Å². The van der Waals surface area contributed by atoms with Crippen LogP contribution in [0.5, 0.6) is 5.75 Å². The van der Waals surface area contributed by atoms with Crippen LogP contribution in [0, 0.1) is 0 Å². The van der Waals surface area contributed by atoms with E-state index in [1.165, 1.54) is 29.3 Å². The second-order valence-corrected chi connectivity index (χ2v) is 8.04. The van der Waals surface area contributed by atoms with Crippen molar-refractivity contribution >= 4 is 17.5 Å². The number of para-hydroxylation sites is 2. The molecule has 4 rings (SSSR count). The van der Waals surface area contributed by atoms with E-state index in [-0.39, 0.29) is 11.0 Å². The van der Waals surface area contributed by atoms with Crippen molar-refractivity contribution < 1.29 is 9.53 Å². The van der Waals surface area contributed by atoms with Crippen molar-refractivity contribution in [3.8, 4) is 11.4 Å². The highest BCUT2D eigenvalue weighted by atomic mass is 32.2. The number of benzene rings is 2. The van der Waals surface area contributed by atoms with Crippen LogP contribution in [0.1, 0.15) is 41.8 Å². The zero-order valence-electron chi connectivity index (χ0n) is 16.0. The van der Waals surface area contributed by atoms with Gasteiger partial charge in [0, 0.05) is 5.56 Å². The topological polar surface area (TPSA) is 69.9 Å². The number of thioether (sulfide) groups is 1. The van der Waals surface area contributed by atoms with Gasteiger partial charge in [0.15, 0.2) is 5.78 Å². The van der Waals surface area contributed by atoms with Crippen molar-refractivity contribution in [3.63, 3.8) is 0 Å². The minimum atomic E-state index is -0.302. The molecule has 6 nitrogen and oxygen atoms in total. The molecule has 3 aromatic rings. The molecule has 0 bridgehead atoms. The van der Waals surface area contributed by atoms with E-state index in [1.807, 2.05) is 44.2 Å². The van der Waals surface area contributed by atoms with E-state index in [1.54, 1.807) is 4.68 Å². The number of Topliss-reactive ketones (excluding diaryl/α,β-unsaturated/α-hetero) is 1. The first kappa shape index (κ1) is 18.7. The van der Waals surface area contributed by atoms with E-state index < -0.39 is 0 Å². The molecule has 1 aliphatic carbocycles. The zero-order chi connectivity index (χ0) is 19.5. The molecule has 2 aromatic carbocycles. The Hall–Kier alpha value is -2.67. The summed E-state index contributed by atoms with van der Waals surface area (Å²) >= 11 is 1.36. The third kappa shape index (κ3) is 3.67. The molecule has 144 valence electrons. The van der Waals surface area contributed by atoms with Crippen LogP contribution in [0.25, 0.3) is 5.69 Å². The number of ether oxygens (including phenoxy) is 1. The predicted molar refractivity (Wildman–Crippen MR) is 108 cm³/mol. The Morgan fingerprint density at radius 2 is 2.04 bits per heavy atom. The molecule has 0 saturated carbocycles. The maximum Gasteiger partial charge on any atom is 0.214 e. The van der Waals surface area contributed by atoms with E-state index in [2.05, 4.69) is 27.7 Å². The quantitative estimate of drug-likeness (QED) is 0.447. The summed E-state index contributed by atoms with van der Waals surface area (Å²) in [6.45, 7) is 4.38. The van der Waals surface area contributed by atoms with Crippen LogP contribution in [-0.4, -0.2) is 37.8 Å². The van der Waals surface area contributed by atoms with Gasteiger partial charge in [-0.2, -0.15) is 4.68 Å². The molecule has 1 aromatic heterocycles. The van der Waals surface area contributed by atoms with Gasteiger partial charge in [-0.25, -0.2) is 0 Å². The minimum absolute atomic E-state index is 0.0901. The molecule has 0 fully saturated rings. The van der Waals surface area contributed by atoms with Crippen LogP contribution in [0.15, 0.2) is 47.6 Å². The van der Waals surface area contributed by atoms with Crippen LogP contribution in [0.2, 0.25) is 0 Å². The number of carbonyl (C=O) groups excluding carboxylic acids is 1. The molecule has 1 heterocycles. The van der Waals surface area contributed by atoms with Crippen molar-refractivity contribution in [2.24, 2.45) is 0 Å². The second-order valence-electron chi connectivity index (χ2n) is 6.74. The molecule has 1 aliphatic rings. The van der Waals surface area contributed by atoms with Gasteiger partial charge in [-0.05, 0) is 72.9 Å². The fraction of sp³-hybridized carbons (Fsp3) is 0.333. The van der Waals surface area contributed by atoms with Crippen LogP contribution in [-0.2, 0) is 12.8 Å². The first-order valence-electron chi connectivity index (χ1n) is 9.50. The number of hydrogen-bond acceptors (Lipinski definition) is 6. The first-order chi connectivity index (χ1) is 13.7. The van der Waals surface area contributed by atoms with Crippen LogP contribution in [0.3, 0.4) is 0 Å². The summed E-state index contributed by atoms with van der Waals surface area (Å²) < 4.78 is 7.31. The van der Waals surface area contributed by atoms with Crippen molar-refractivity contribution in [1.82, 2.24) is 20.2 Å². The van der Waals surface area contributed by atoms with Crippen molar-refractivity contribution in [1.29, 1.82) is 0 Å². The van der Waals surface area contributed by atoms with Gasteiger partial charge in [0.1, 0.15) is 11.4 Å². The Labute approximate surface area is 168 Å². The zero-order valence-corrected chi connectivity index (χ0v) is 16.8. The lowest BCUT2D eigenvalue weighted by Crippen LogP contribution is -2.15. The highest BCUT2D eigenvalue weighted by Crippen LogP contribution is 2.30. The van der Waals surface area contributed by atoms with Gasteiger partial charge in [-0.1, -0.05) is 36.0 Å². The number of rotatable bonds is 7. The first-order valence-corrected chi connectivity index (χ1v) is 10.4. The average Bonchev–Trinajstić information content (AvgIpc) is 3.36. The maximum atomic E-state index is 13.0. The average molecular weight is 395 g/mol. The van der Waals surface area contributed by atoms with Crippen LogP contribution in [0.4, 0.5) is 0 Å². The Bertz CT molecular complexity index is 1000. The van der Waals surface area contributed by atoms with Crippen molar-refractivity contribution in [2.75, 3.05) is 6.61 Å². The smallest absolute Gasteiger partial charge is 0.214 e. The molecular weight excluding hydrogens is 372 g/mol. The molecule has 1 unspecified atom stereocenters. The number of aromatic nitrogens is 4. The van der Waals surface area contributed by atoms with E-state index in [0.717, 1.165) is 24.1 Å². The molecule has 7 heteroatoms. The van der Waals surface area contributed by atoms with Gasteiger partial charge < -0.3 is 4.74 Å². The number of fused-ring (bicyclic) bond motifs is 1. The summed E-state index contributed by atoms with van der Waals surface area (Å²) in [6.07, 6.45) is 3.35. The number of tetrazole rings is 1. The lowest BCUT2D eigenvalue weighted by atomic mass is 10.0. The Morgan fingerprint density at radius 3 is 2.89 bits per heavy atom. The van der Waals surface area contributed by atoms with E-state index >= 15 is 0 Å². The van der Waals surface area contributed by atoms with E-state index in [9.17, 15) is 4.79 Å². The lowest BCUT2D eigenvalue weighted by Gasteiger charge is -2.13. The van der Waals surface area contributed by atoms with Gasteiger partial charge in [0.25, 0.3) is 0 Å². The number of hydrogen-bond donors (Lipinski definition) is 0. The summed E-state index contributed by atoms with van der Waals surface area (Å²) in [5.41, 5.74) is 4.19. The number of aryl methyl sites for hydroxylation is 2. The van der Waals surface area contributed by atoms with Gasteiger partial charge >= 0.3 is 0 Å². The van der Waals surface area contributed by atoms with Gasteiger partial charge in [0.2, 0.25) is 5.16 Å².